The SMILES string of the molecule is COc1cc(/C=C2/SC(=S)N(c3ccc(F)cc3)C2=O)ccc1OC(C)C(=O)O. The van der Waals surface area contributed by atoms with Gasteiger partial charge in [-0.3, -0.25) is 9.69 Å². The number of ether oxygens (including phenoxy) is 2. The van der Waals surface area contributed by atoms with E-state index in [0.717, 1.165) is 11.8 Å². The molecule has 1 aliphatic heterocycles. The number of thiocarbonyl (C=S) groups is 1. The number of anilines is 1. The number of rotatable bonds is 6. The van der Waals surface area contributed by atoms with Crippen LogP contribution in [0.3, 0.4) is 0 Å². The minimum absolute atomic E-state index is 0.276. The van der Waals surface area contributed by atoms with E-state index < -0.39 is 17.9 Å². The van der Waals surface area contributed by atoms with Gasteiger partial charge in [-0.2, -0.15) is 0 Å². The smallest absolute Gasteiger partial charge is 0.344 e. The second kappa shape index (κ2) is 8.62. The van der Waals surface area contributed by atoms with Crippen molar-refractivity contribution >= 4 is 51.9 Å². The summed E-state index contributed by atoms with van der Waals surface area (Å²) in [6.45, 7) is 1.41. The molecule has 2 aromatic carbocycles. The number of carboxylic acids is 1. The topological polar surface area (TPSA) is 76.1 Å². The zero-order valence-corrected chi connectivity index (χ0v) is 17.1. The lowest BCUT2D eigenvalue weighted by Crippen LogP contribution is -2.27. The van der Waals surface area contributed by atoms with Crippen molar-refractivity contribution in [3.63, 3.8) is 0 Å². The van der Waals surface area contributed by atoms with Crippen LogP contribution in [0.4, 0.5) is 10.1 Å². The average molecular weight is 433 g/mol. The molecule has 1 N–H and O–H groups in total. The fraction of sp³-hybridized carbons (Fsp3) is 0.150. The Kier molecular flexibility index (Phi) is 6.19. The molecule has 2 aromatic rings. The normalized spacial score (nSPS) is 16.2. The zero-order chi connectivity index (χ0) is 21.1. The van der Waals surface area contributed by atoms with Gasteiger partial charge in [-0.05, 0) is 55.0 Å². The van der Waals surface area contributed by atoms with E-state index in [1.807, 2.05) is 0 Å². The van der Waals surface area contributed by atoms with Gasteiger partial charge in [0.2, 0.25) is 0 Å². The van der Waals surface area contributed by atoms with E-state index in [2.05, 4.69) is 0 Å². The van der Waals surface area contributed by atoms with Gasteiger partial charge in [-0.15, -0.1) is 0 Å². The minimum atomic E-state index is -1.10. The van der Waals surface area contributed by atoms with E-state index in [4.69, 9.17) is 26.8 Å². The summed E-state index contributed by atoms with van der Waals surface area (Å²) < 4.78 is 24.1. The van der Waals surface area contributed by atoms with Crippen LogP contribution in [0.25, 0.3) is 6.08 Å². The first-order valence-corrected chi connectivity index (χ1v) is 9.63. The Bertz CT molecular complexity index is 1010. The van der Waals surface area contributed by atoms with Crippen molar-refractivity contribution in [2.75, 3.05) is 12.0 Å². The van der Waals surface area contributed by atoms with Crippen LogP contribution >= 0.6 is 24.0 Å². The van der Waals surface area contributed by atoms with Crippen LogP contribution in [-0.4, -0.2) is 34.5 Å². The second-order valence-corrected chi connectivity index (χ2v) is 7.68. The van der Waals surface area contributed by atoms with Crippen LogP contribution < -0.4 is 14.4 Å². The highest BCUT2D eigenvalue weighted by atomic mass is 32.2. The number of halogens is 1. The Morgan fingerprint density at radius 1 is 1.24 bits per heavy atom. The van der Waals surface area contributed by atoms with Gasteiger partial charge in [0.1, 0.15) is 5.82 Å². The van der Waals surface area contributed by atoms with Gasteiger partial charge in [0, 0.05) is 0 Å². The highest BCUT2D eigenvalue weighted by molar-refractivity contribution is 8.27. The summed E-state index contributed by atoms with van der Waals surface area (Å²) >= 11 is 6.43. The number of benzene rings is 2. The monoisotopic (exact) mass is 433 g/mol. The summed E-state index contributed by atoms with van der Waals surface area (Å²) in [5.74, 6) is -1.20. The van der Waals surface area contributed by atoms with Crippen molar-refractivity contribution in [1.82, 2.24) is 0 Å². The Balaban J connectivity index is 1.86. The van der Waals surface area contributed by atoms with E-state index in [9.17, 15) is 14.0 Å². The van der Waals surface area contributed by atoms with Crippen LogP contribution in [0.5, 0.6) is 11.5 Å². The van der Waals surface area contributed by atoms with Crippen LogP contribution in [-0.2, 0) is 9.59 Å². The molecule has 29 heavy (non-hydrogen) atoms. The average Bonchev–Trinajstić information content (AvgIpc) is 2.96. The number of carbonyl (C=O) groups is 2. The molecule has 0 radical (unpaired) electrons. The van der Waals surface area contributed by atoms with Crippen molar-refractivity contribution in [2.45, 2.75) is 13.0 Å². The third-order valence-electron chi connectivity index (χ3n) is 4.02. The Labute approximate surface area is 175 Å². The van der Waals surface area contributed by atoms with Gasteiger partial charge < -0.3 is 14.6 Å². The molecule has 6 nitrogen and oxygen atoms in total. The molecular weight excluding hydrogens is 417 g/mol. The van der Waals surface area contributed by atoms with E-state index >= 15 is 0 Å². The largest absolute Gasteiger partial charge is 0.493 e. The standard InChI is InChI=1S/C20H16FNO5S2/c1-11(19(24)25)27-15-8-3-12(9-16(15)26-2)10-17-18(23)22(20(28)29-17)14-6-4-13(21)5-7-14/h3-11H,1-2H3,(H,24,25)/b17-10+. The molecule has 9 heteroatoms. The first-order valence-electron chi connectivity index (χ1n) is 8.41. The number of nitrogens with zero attached hydrogens (tertiary/aromatic N) is 1. The number of carboxylic acid groups (broad SMARTS) is 1. The summed E-state index contributed by atoms with van der Waals surface area (Å²) in [4.78, 5) is 25.5. The fourth-order valence-corrected chi connectivity index (χ4v) is 3.84. The van der Waals surface area contributed by atoms with Crippen LogP contribution in [0, 0.1) is 5.82 Å². The van der Waals surface area contributed by atoms with Crippen molar-refractivity contribution in [3.8, 4) is 11.5 Å². The first kappa shape index (κ1) is 20.8. The Morgan fingerprint density at radius 2 is 1.93 bits per heavy atom. The van der Waals surface area contributed by atoms with Gasteiger partial charge in [0.15, 0.2) is 21.9 Å². The zero-order valence-electron chi connectivity index (χ0n) is 15.4. The summed E-state index contributed by atoms with van der Waals surface area (Å²) in [6.07, 6.45) is 0.608. The van der Waals surface area contributed by atoms with Gasteiger partial charge in [-0.25, -0.2) is 9.18 Å². The molecule has 1 amide bonds. The molecule has 1 saturated heterocycles. The number of hydrogen-bond acceptors (Lipinski definition) is 6. The van der Waals surface area contributed by atoms with Gasteiger partial charge in [0.05, 0.1) is 17.7 Å². The molecule has 0 aliphatic carbocycles. The number of thioether (sulfide) groups is 1. The second-order valence-electron chi connectivity index (χ2n) is 6.00. The lowest BCUT2D eigenvalue weighted by molar-refractivity contribution is -0.144. The molecule has 0 spiro atoms. The first-order chi connectivity index (χ1) is 13.8. The molecule has 1 fully saturated rings. The van der Waals surface area contributed by atoms with Crippen molar-refractivity contribution in [3.05, 3.63) is 58.8 Å². The van der Waals surface area contributed by atoms with E-state index in [1.165, 1.54) is 43.2 Å². The summed E-state index contributed by atoms with van der Waals surface area (Å²) in [5, 5.41) is 8.99. The molecular formula is C20H16FNO5S2. The van der Waals surface area contributed by atoms with Crippen LogP contribution in [0.15, 0.2) is 47.4 Å². The number of carbonyl (C=O) groups excluding carboxylic acids is 1. The van der Waals surface area contributed by atoms with E-state index in [0.29, 0.717) is 26.2 Å². The molecule has 0 bridgehead atoms. The summed E-state index contributed by atoms with van der Waals surface area (Å²) in [5.41, 5.74) is 1.14. The van der Waals surface area contributed by atoms with Crippen molar-refractivity contribution < 1.29 is 28.6 Å². The van der Waals surface area contributed by atoms with Gasteiger partial charge >= 0.3 is 5.97 Å². The predicted molar refractivity (Wildman–Crippen MR) is 113 cm³/mol. The molecule has 150 valence electrons. The number of aliphatic carboxylic acids is 1. The molecule has 3 rings (SSSR count). The van der Waals surface area contributed by atoms with E-state index in [1.54, 1.807) is 24.3 Å². The fourth-order valence-electron chi connectivity index (χ4n) is 2.54. The predicted octanol–water partition coefficient (Wildman–Crippen LogP) is 4.09. The third kappa shape index (κ3) is 4.57. The maximum atomic E-state index is 13.2. The van der Waals surface area contributed by atoms with Crippen LogP contribution in [0.1, 0.15) is 12.5 Å². The molecule has 1 heterocycles. The Morgan fingerprint density at radius 3 is 2.55 bits per heavy atom. The lowest BCUT2D eigenvalue weighted by Gasteiger charge is -2.14. The number of methoxy groups -OCH3 is 1. The number of hydrogen-bond donors (Lipinski definition) is 1. The van der Waals surface area contributed by atoms with Crippen molar-refractivity contribution in [1.29, 1.82) is 0 Å². The van der Waals surface area contributed by atoms with Crippen LogP contribution in [0.2, 0.25) is 0 Å². The molecule has 1 atom stereocenters. The Hall–Kier alpha value is -2.91. The molecule has 0 aromatic heterocycles. The third-order valence-corrected chi connectivity index (χ3v) is 5.32. The number of amides is 1. The summed E-state index contributed by atoms with van der Waals surface area (Å²) in [6, 6.07) is 10.4. The van der Waals surface area contributed by atoms with Gasteiger partial charge in [0.25, 0.3) is 5.91 Å². The minimum Gasteiger partial charge on any atom is -0.493 e. The van der Waals surface area contributed by atoms with Crippen molar-refractivity contribution in [2.24, 2.45) is 0 Å². The summed E-state index contributed by atoms with van der Waals surface area (Å²) in [7, 11) is 1.44. The highest BCUT2D eigenvalue weighted by Crippen LogP contribution is 2.37. The molecule has 1 aliphatic rings. The maximum absolute atomic E-state index is 13.2. The van der Waals surface area contributed by atoms with E-state index in [-0.39, 0.29) is 11.7 Å². The lowest BCUT2D eigenvalue weighted by atomic mass is 10.1. The van der Waals surface area contributed by atoms with Gasteiger partial charge in [-0.1, -0.05) is 30.0 Å². The quantitative estimate of drug-likeness (QED) is 0.543. The molecule has 0 saturated carbocycles. The maximum Gasteiger partial charge on any atom is 0.344 e. The molecule has 1 unspecified atom stereocenters. The highest BCUT2D eigenvalue weighted by Gasteiger charge is 2.33.